The van der Waals surface area contributed by atoms with E-state index in [-0.39, 0.29) is 6.10 Å². The quantitative estimate of drug-likeness (QED) is 0.290. The summed E-state index contributed by atoms with van der Waals surface area (Å²) in [4.78, 5) is 3.65. The predicted octanol–water partition coefficient (Wildman–Crippen LogP) is 5.34. The third-order valence-corrected chi connectivity index (χ3v) is 6.01. The van der Waals surface area contributed by atoms with Gasteiger partial charge in [-0.1, -0.05) is 19.6 Å². The zero-order valence-electron chi connectivity index (χ0n) is 17.2. The molecule has 5 nitrogen and oxygen atoms in total. The first-order valence-corrected chi connectivity index (χ1v) is 13.3. The van der Waals surface area contributed by atoms with Crippen LogP contribution in [0.15, 0.2) is 36.5 Å². The number of hydrogen-bond acceptors (Lipinski definition) is 4. The molecule has 0 atom stereocenters. The minimum absolute atomic E-state index is 0.0687. The van der Waals surface area contributed by atoms with E-state index in [0.29, 0.717) is 24.6 Å². The van der Waals surface area contributed by atoms with Gasteiger partial charge in [-0.2, -0.15) is 9.49 Å². The fourth-order valence-corrected chi connectivity index (χ4v) is 3.65. The first-order chi connectivity index (χ1) is 13.2. The fourth-order valence-electron chi connectivity index (χ4n) is 2.89. The summed E-state index contributed by atoms with van der Waals surface area (Å²) >= 11 is 0. The van der Waals surface area contributed by atoms with Gasteiger partial charge in [-0.3, -0.25) is 0 Å². The van der Waals surface area contributed by atoms with E-state index in [1.807, 2.05) is 36.7 Å². The highest BCUT2D eigenvalue weighted by Gasteiger charge is 2.16. The van der Waals surface area contributed by atoms with Crippen molar-refractivity contribution in [1.29, 1.82) is 0 Å². The van der Waals surface area contributed by atoms with Crippen molar-refractivity contribution in [3.8, 4) is 17.0 Å². The Morgan fingerprint density at radius 2 is 1.93 bits per heavy atom. The number of hydrogen-bond donors (Lipinski definition) is 0. The molecule has 0 saturated carbocycles. The summed E-state index contributed by atoms with van der Waals surface area (Å²) in [5, 5.41) is 5.61. The lowest BCUT2D eigenvalue weighted by atomic mass is 10.1. The fraction of sp³-hybridized carbons (Fsp3) is 0.429. The van der Waals surface area contributed by atoms with Crippen molar-refractivity contribution in [1.82, 2.24) is 14.8 Å². The lowest BCUT2D eigenvalue weighted by Crippen LogP contribution is -2.22. The third-order valence-electron chi connectivity index (χ3n) is 4.30. The van der Waals surface area contributed by atoms with Crippen LogP contribution >= 0.6 is 0 Å². The number of halogens is 1. The van der Waals surface area contributed by atoms with E-state index in [1.165, 1.54) is 12.3 Å². The molecule has 0 aliphatic carbocycles. The molecule has 2 aromatic heterocycles. The molecule has 0 amide bonds. The molecule has 3 rings (SSSR count). The van der Waals surface area contributed by atoms with Gasteiger partial charge in [0.25, 0.3) is 0 Å². The highest BCUT2D eigenvalue weighted by Crippen LogP contribution is 2.31. The van der Waals surface area contributed by atoms with Gasteiger partial charge in [-0.15, -0.1) is 0 Å². The van der Waals surface area contributed by atoms with Crippen molar-refractivity contribution in [3.05, 3.63) is 42.5 Å². The van der Waals surface area contributed by atoms with Crippen LogP contribution in [0.4, 0.5) is 4.39 Å². The Kier molecular flexibility index (Phi) is 6.15. The van der Waals surface area contributed by atoms with Crippen LogP contribution in [0.1, 0.15) is 13.8 Å². The van der Waals surface area contributed by atoms with E-state index >= 15 is 0 Å². The van der Waals surface area contributed by atoms with Crippen molar-refractivity contribution in [2.45, 2.75) is 52.4 Å². The average Bonchev–Trinajstić information content (AvgIpc) is 2.95. The summed E-state index contributed by atoms with van der Waals surface area (Å²) in [6.07, 6.45) is 1.52. The van der Waals surface area contributed by atoms with E-state index < -0.39 is 14.0 Å². The maximum atomic E-state index is 13.7. The molecular weight excluding hydrogens is 373 g/mol. The van der Waals surface area contributed by atoms with Crippen molar-refractivity contribution in [2.24, 2.45) is 0 Å². The van der Waals surface area contributed by atoms with Crippen LogP contribution in [0.3, 0.4) is 0 Å². The van der Waals surface area contributed by atoms with E-state index in [1.54, 1.807) is 6.07 Å². The van der Waals surface area contributed by atoms with E-state index in [9.17, 15) is 4.39 Å². The summed E-state index contributed by atoms with van der Waals surface area (Å²) in [5.41, 5.74) is 2.30. The van der Waals surface area contributed by atoms with Gasteiger partial charge in [-0.05, 0) is 44.2 Å². The topological polar surface area (TPSA) is 49.2 Å². The van der Waals surface area contributed by atoms with Crippen LogP contribution < -0.4 is 4.74 Å². The minimum atomic E-state index is -1.15. The molecule has 0 radical (unpaired) electrons. The molecule has 0 aliphatic rings. The summed E-state index contributed by atoms with van der Waals surface area (Å²) in [6, 6.07) is 10.1. The second-order valence-electron chi connectivity index (χ2n) is 8.41. The highest BCUT2D eigenvalue weighted by molar-refractivity contribution is 6.76. The molecule has 0 fully saturated rings. The molecule has 3 aromatic rings. The predicted molar refractivity (Wildman–Crippen MR) is 113 cm³/mol. The van der Waals surface area contributed by atoms with Gasteiger partial charge < -0.3 is 9.47 Å². The third kappa shape index (κ3) is 5.17. The molecule has 0 spiro atoms. The van der Waals surface area contributed by atoms with Gasteiger partial charge in [-0.25, -0.2) is 9.67 Å². The standard InChI is InChI=1S/C21H28FN3O2Si/c1-15(2)27-17-6-7-19-18(13-17)21(16-8-9-23-20(22)12-16)24-25(19)14-26-10-11-28(3,4)5/h6-9,12-13,15H,10-11,14H2,1-5H3. The molecule has 150 valence electrons. The van der Waals surface area contributed by atoms with E-state index in [2.05, 4.69) is 24.6 Å². The van der Waals surface area contributed by atoms with Gasteiger partial charge >= 0.3 is 0 Å². The van der Waals surface area contributed by atoms with Crippen LogP contribution in [0.5, 0.6) is 5.75 Å². The number of benzene rings is 1. The smallest absolute Gasteiger partial charge is 0.213 e. The summed E-state index contributed by atoms with van der Waals surface area (Å²) in [7, 11) is -1.15. The molecular formula is C21H28FN3O2Si. The Balaban J connectivity index is 1.95. The number of pyridine rings is 1. The monoisotopic (exact) mass is 401 g/mol. The summed E-state index contributed by atoms with van der Waals surface area (Å²) in [6.45, 7) is 12.0. The maximum Gasteiger partial charge on any atom is 0.213 e. The van der Waals surface area contributed by atoms with Crippen LogP contribution in [0, 0.1) is 5.95 Å². The first kappa shape index (κ1) is 20.5. The number of ether oxygens (including phenoxy) is 2. The lowest BCUT2D eigenvalue weighted by molar-refractivity contribution is 0.0818. The van der Waals surface area contributed by atoms with E-state index in [0.717, 1.165) is 22.7 Å². The van der Waals surface area contributed by atoms with Crippen molar-refractivity contribution < 1.29 is 13.9 Å². The van der Waals surface area contributed by atoms with Crippen LogP contribution in [0.2, 0.25) is 25.7 Å². The molecule has 0 saturated heterocycles. The van der Waals surface area contributed by atoms with Gasteiger partial charge in [0.05, 0.1) is 11.6 Å². The molecule has 2 heterocycles. The Bertz CT molecular complexity index is 950. The van der Waals surface area contributed by atoms with Crippen molar-refractivity contribution in [3.63, 3.8) is 0 Å². The molecule has 28 heavy (non-hydrogen) atoms. The number of rotatable bonds is 8. The Labute approximate surface area is 166 Å². The Morgan fingerprint density at radius 3 is 2.61 bits per heavy atom. The van der Waals surface area contributed by atoms with Gasteiger partial charge in [0.15, 0.2) is 0 Å². The van der Waals surface area contributed by atoms with E-state index in [4.69, 9.17) is 14.6 Å². The van der Waals surface area contributed by atoms with Crippen molar-refractivity contribution >= 4 is 19.0 Å². The summed E-state index contributed by atoms with van der Waals surface area (Å²) < 4.78 is 27.2. The number of nitrogens with zero attached hydrogens (tertiary/aromatic N) is 3. The van der Waals surface area contributed by atoms with Crippen LogP contribution in [-0.2, 0) is 11.5 Å². The van der Waals surface area contributed by atoms with Crippen LogP contribution in [-0.4, -0.2) is 35.5 Å². The van der Waals surface area contributed by atoms with Gasteiger partial charge in [0.1, 0.15) is 18.2 Å². The number of fused-ring (bicyclic) bond motifs is 1. The largest absolute Gasteiger partial charge is 0.491 e. The lowest BCUT2D eigenvalue weighted by Gasteiger charge is -2.15. The highest BCUT2D eigenvalue weighted by atomic mass is 28.3. The number of aromatic nitrogens is 3. The zero-order chi connectivity index (χ0) is 20.3. The van der Waals surface area contributed by atoms with Gasteiger partial charge in [0, 0.05) is 37.9 Å². The second-order valence-corrected chi connectivity index (χ2v) is 14.0. The van der Waals surface area contributed by atoms with Crippen LogP contribution in [0.25, 0.3) is 22.2 Å². The Hall–Kier alpha value is -2.25. The van der Waals surface area contributed by atoms with Gasteiger partial charge in [0.2, 0.25) is 5.95 Å². The maximum absolute atomic E-state index is 13.7. The molecule has 7 heteroatoms. The first-order valence-electron chi connectivity index (χ1n) is 9.60. The average molecular weight is 402 g/mol. The van der Waals surface area contributed by atoms with Crippen molar-refractivity contribution in [2.75, 3.05) is 6.61 Å². The molecule has 0 aliphatic heterocycles. The summed E-state index contributed by atoms with van der Waals surface area (Å²) in [5.74, 6) is 0.235. The minimum Gasteiger partial charge on any atom is -0.491 e. The molecule has 1 aromatic carbocycles. The molecule has 0 bridgehead atoms. The normalized spacial score (nSPS) is 12.1. The second kappa shape index (κ2) is 8.41. The Morgan fingerprint density at radius 1 is 1.14 bits per heavy atom. The molecule has 0 N–H and O–H groups in total. The molecule has 0 unspecified atom stereocenters. The SMILES string of the molecule is CC(C)Oc1ccc2c(c1)c(-c1ccnc(F)c1)nn2COCC[Si](C)(C)C. The zero-order valence-corrected chi connectivity index (χ0v) is 18.2.